The summed E-state index contributed by atoms with van der Waals surface area (Å²) < 4.78 is 14.2. The molecule has 2 aromatic rings. The minimum atomic E-state index is -0.863. The first-order valence-electron chi connectivity index (χ1n) is 5.87. The number of nitrogens with zero attached hydrogens (tertiary/aromatic N) is 2. The van der Waals surface area contributed by atoms with Crippen LogP contribution in [0.2, 0.25) is 0 Å². The SMILES string of the molecule is N#Cc1ccc(NCc2ccc([N+](=O)[O-])c(F)c2)c(Br)c1. The van der Waals surface area contributed by atoms with Crippen LogP contribution in [0.4, 0.5) is 15.8 Å². The molecule has 0 saturated carbocycles. The van der Waals surface area contributed by atoms with E-state index in [1.807, 2.05) is 6.07 Å². The van der Waals surface area contributed by atoms with E-state index in [1.165, 1.54) is 6.07 Å². The molecule has 2 aromatic carbocycles. The monoisotopic (exact) mass is 349 g/mol. The van der Waals surface area contributed by atoms with Crippen molar-refractivity contribution in [3.8, 4) is 6.07 Å². The van der Waals surface area contributed by atoms with Crippen LogP contribution in [0, 0.1) is 27.3 Å². The number of rotatable bonds is 4. The molecule has 1 N–H and O–H groups in total. The Morgan fingerprint density at radius 1 is 1.33 bits per heavy atom. The van der Waals surface area contributed by atoms with Gasteiger partial charge in [-0.05, 0) is 45.8 Å². The molecule has 0 fully saturated rings. The van der Waals surface area contributed by atoms with Crippen molar-refractivity contribution >= 4 is 27.3 Å². The zero-order valence-corrected chi connectivity index (χ0v) is 12.2. The van der Waals surface area contributed by atoms with Gasteiger partial charge in [-0.2, -0.15) is 9.65 Å². The van der Waals surface area contributed by atoms with Gasteiger partial charge in [-0.15, -0.1) is 0 Å². The van der Waals surface area contributed by atoms with Gasteiger partial charge in [-0.25, -0.2) is 0 Å². The van der Waals surface area contributed by atoms with E-state index in [0.29, 0.717) is 22.1 Å². The number of nitro benzene ring substituents is 1. The number of nitro groups is 1. The Morgan fingerprint density at radius 2 is 2.10 bits per heavy atom. The second kappa shape index (κ2) is 6.33. The fraction of sp³-hybridized carbons (Fsp3) is 0.0714. The first kappa shape index (κ1) is 14.9. The molecule has 2 rings (SSSR count). The summed E-state index contributed by atoms with van der Waals surface area (Å²) in [5, 5.41) is 22.4. The molecule has 0 bridgehead atoms. The van der Waals surface area contributed by atoms with Crippen molar-refractivity contribution in [2.75, 3.05) is 5.32 Å². The smallest absolute Gasteiger partial charge is 0.304 e. The molecule has 0 amide bonds. The fourth-order valence-corrected chi connectivity index (χ4v) is 2.25. The molecule has 0 radical (unpaired) electrons. The van der Waals surface area contributed by atoms with Crippen molar-refractivity contribution in [2.24, 2.45) is 0 Å². The third-order valence-electron chi connectivity index (χ3n) is 2.79. The summed E-state index contributed by atoms with van der Waals surface area (Å²) in [4.78, 5) is 9.77. The highest BCUT2D eigenvalue weighted by Crippen LogP contribution is 2.24. The lowest BCUT2D eigenvalue weighted by Crippen LogP contribution is -2.02. The summed E-state index contributed by atoms with van der Waals surface area (Å²) in [7, 11) is 0. The van der Waals surface area contributed by atoms with Crippen molar-refractivity contribution in [2.45, 2.75) is 6.54 Å². The molecule has 5 nitrogen and oxygen atoms in total. The lowest BCUT2D eigenvalue weighted by Gasteiger charge is -2.09. The zero-order chi connectivity index (χ0) is 15.4. The number of hydrogen-bond donors (Lipinski definition) is 1. The molecule has 0 aliphatic carbocycles. The van der Waals surface area contributed by atoms with Crippen LogP contribution in [0.3, 0.4) is 0 Å². The van der Waals surface area contributed by atoms with Crippen LogP contribution in [0.5, 0.6) is 0 Å². The van der Waals surface area contributed by atoms with Gasteiger partial charge in [0.05, 0.1) is 16.6 Å². The predicted molar refractivity (Wildman–Crippen MR) is 79.2 cm³/mol. The molecular weight excluding hydrogens is 341 g/mol. The molecule has 0 aromatic heterocycles. The van der Waals surface area contributed by atoms with Crippen molar-refractivity contribution in [3.63, 3.8) is 0 Å². The van der Waals surface area contributed by atoms with E-state index in [1.54, 1.807) is 18.2 Å². The second-order valence-corrected chi connectivity index (χ2v) is 5.06. The van der Waals surface area contributed by atoms with Gasteiger partial charge in [-0.1, -0.05) is 6.07 Å². The van der Waals surface area contributed by atoms with E-state index < -0.39 is 16.4 Å². The van der Waals surface area contributed by atoms with Gasteiger partial charge in [0.25, 0.3) is 0 Å². The van der Waals surface area contributed by atoms with Crippen molar-refractivity contribution < 1.29 is 9.31 Å². The minimum absolute atomic E-state index is 0.305. The van der Waals surface area contributed by atoms with Crippen LogP contribution in [-0.4, -0.2) is 4.92 Å². The Bertz CT molecular complexity index is 743. The van der Waals surface area contributed by atoms with E-state index >= 15 is 0 Å². The molecule has 21 heavy (non-hydrogen) atoms. The number of anilines is 1. The molecule has 0 unspecified atom stereocenters. The standard InChI is InChI=1S/C14H9BrFN3O2/c15-11-5-9(7-17)1-3-13(11)18-8-10-2-4-14(19(20)21)12(16)6-10/h1-6,18H,8H2. The third kappa shape index (κ3) is 3.55. The normalized spacial score (nSPS) is 9.95. The van der Waals surface area contributed by atoms with Crippen LogP contribution in [0.15, 0.2) is 40.9 Å². The van der Waals surface area contributed by atoms with Gasteiger partial charge in [0.15, 0.2) is 0 Å². The summed E-state index contributed by atoms with van der Waals surface area (Å²) in [5.74, 6) is -0.863. The molecule has 0 atom stereocenters. The number of hydrogen-bond acceptors (Lipinski definition) is 4. The maximum absolute atomic E-state index is 13.5. The number of nitriles is 1. The number of benzene rings is 2. The van der Waals surface area contributed by atoms with Crippen LogP contribution >= 0.6 is 15.9 Å². The van der Waals surface area contributed by atoms with Gasteiger partial charge in [0.1, 0.15) is 0 Å². The van der Waals surface area contributed by atoms with Crippen LogP contribution < -0.4 is 5.32 Å². The average molecular weight is 350 g/mol. The highest BCUT2D eigenvalue weighted by molar-refractivity contribution is 9.10. The average Bonchev–Trinajstić information content (AvgIpc) is 2.45. The Labute approximate surface area is 128 Å². The number of halogens is 2. The van der Waals surface area contributed by atoms with E-state index in [0.717, 1.165) is 17.8 Å². The van der Waals surface area contributed by atoms with Crippen LogP contribution in [0.25, 0.3) is 0 Å². The van der Waals surface area contributed by atoms with Crippen molar-refractivity contribution in [1.82, 2.24) is 0 Å². The maximum Gasteiger partial charge on any atom is 0.304 e. The first-order valence-corrected chi connectivity index (χ1v) is 6.67. The molecule has 0 saturated heterocycles. The fourth-order valence-electron chi connectivity index (χ4n) is 1.73. The molecule has 106 valence electrons. The lowest BCUT2D eigenvalue weighted by atomic mass is 10.2. The molecule has 0 aliphatic rings. The highest BCUT2D eigenvalue weighted by atomic mass is 79.9. The van der Waals surface area contributed by atoms with E-state index in [9.17, 15) is 14.5 Å². The lowest BCUT2D eigenvalue weighted by molar-refractivity contribution is -0.387. The van der Waals surface area contributed by atoms with Crippen LogP contribution in [0.1, 0.15) is 11.1 Å². The summed E-state index contributed by atoms with van der Waals surface area (Å²) >= 11 is 3.33. The second-order valence-electron chi connectivity index (χ2n) is 4.20. The summed E-state index contributed by atoms with van der Waals surface area (Å²) in [6.45, 7) is 0.305. The topological polar surface area (TPSA) is 79.0 Å². The van der Waals surface area contributed by atoms with Gasteiger partial charge in [0, 0.05) is 22.8 Å². The summed E-state index contributed by atoms with van der Waals surface area (Å²) in [5.41, 5.74) is 1.30. The summed E-state index contributed by atoms with van der Waals surface area (Å²) in [6, 6.07) is 10.8. The van der Waals surface area contributed by atoms with Gasteiger partial charge < -0.3 is 5.32 Å². The van der Waals surface area contributed by atoms with Gasteiger partial charge in [-0.3, -0.25) is 10.1 Å². The molecule has 0 heterocycles. The zero-order valence-electron chi connectivity index (χ0n) is 10.6. The van der Waals surface area contributed by atoms with Crippen molar-refractivity contribution in [3.05, 3.63) is 67.9 Å². The van der Waals surface area contributed by atoms with Crippen LogP contribution in [-0.2, 0) is 6.54 Å². The van der Waals surface area contributed by atoms with Crippen molar-refractivity contribution in [1.29, 1.82) is 5.26 Å². The predicted octanol–water partition coefficient (Wildman–Crippen LogP) is 3.98. The molecule has 0 spiro atoms. The Kier molecular flexibility index (Phi) is 4.50. The highest BCUT2D eigenvalue weighted by Gasteiger charge is 2.13. The molecule has 7 heteroatoms. The summed E-state index contributed by atoms with van der Waals surface area (Å²) in [6.07, 6.45) is 0. The van der Waals surface area contributed by atoms with E-state index in [-0.39, 0.29) is 0 Å². The quantitative estimate of drug-likeness (QED) is 0.668. The molecular formula is C14H9BrFN3O2. The largest absolute Gasteiger partial charge is 0.380 e. The first-order chi connectivity index (χ1) is 10.0. The number of nitrogens with one attached hydrogen (secondary N) is 1. The van der Waals surface area contributed by atoms with Gasteiger partial charge in [0.2, 0.25) is 5.82 Å². The Balaban J connectivity index is 2.12. The minimum Gasteiger partial charge on any atom is -0.380 e. The van der Waals surface area contributed by atoms with E-state index in [2.05, 4.69) is 21.2 Å². The molecule has 0 aliphatic heterocycles. The van der Waals surface area contributed by atoms with Gasteiger partial charge >= 0.3 is 5.69 Å². The van der Waals surface area contributed by atoms with E-state index in [4.69, 9.17) is 5.26 Å². The third-order valence-corrected chi connectivity index (χ3v) is 3.45. The Morgan fingerprint density at radius 3 is 2.67 bits per heavy atom. The maximum atomic E-state index is 13.5. The Hall–Kier alpha value is -2.46.